The van der Waals surface area contributed by atoms with Gasteiger partial charge in [-0.1, -0.05) is 27.2 Å². The second-order valence-electron chi connectivity index (χ2n) is 3.94. The summed E-state index contributed by atoms with van der Waals surface area (Å²) < 4.78 is 0. The first-order chi connectivity index (χ1) is 6.52. The Bertz CT molecular complexity index is 197. The summed E-state index contributed by atoms with van der Waals surface area (Å²) in [4.78, 5) is 22.7. The van der Waals surface area contributed by atoms with E-state index in [0.29, 0.717) is 0 Å². The summed E-state index contributed by atoms with van der Waals surface area (Å²) in [6.07, 6.45) is 1.83. The Morgan fingerprint density at radius 2 is 1.86 bits per heavy atom. The van der Waals surface area contributed by atoms with E-state index >= 15 is 0 Å². The Kier molecular flexibility index (Phi) is 6.37. The summed E-state index contributed by atoms with van der Waals surface area (Å²) >= 11 is 0. The Morgan fingerprint density at radius 1 is 1.29 bits per heavy atom. The van der Waals surface area contributed by atoms with Gasteiger partial charge in [-0.25, -0.2) is 0 Å². The molecular weight excluding hydrogens is 180 g/mol. The zero-order chi connectivity index (χ0) is 11.1. The molecule has 0 aliphatic heterocycles. The molecule has 0 spiro atoms. The molecule has 1 unspecified atom stereocenters. The van der Waals surface area contributed by atoms with Crippen LogP contribution >= 0.6 is 0 Å². The van der Waals surface area contributed by atoms with Crippen molar-refractivity contribution in [2.45, 2.75) is 40.0 Å². The quantitative estimate of drug-likeness (QED) is 0.678. The van der Waals surface area contributed by atoms with Gasteiger partial charge in [0.05, 0.1) is 0 Å². The van der Waals surface area contributed by atoms with Crippen LogP contribution in [-0.4, -0.2) is 23.3 Å². The first-order valence-corrected chi connectivity index (χ1v) is 5.19. The van der Waals surface area contributed by atoms with E-state index in [1.165, 1.54) is 0 Å². The number of aliphatic hydroxyl groups excluding tert-OH is 1. The zero-order valence-corrected chi connectivity index (χ0v) is 9.25. The molecule has 0 aliphatic carbocycles. The van der Waals surface area contributed by atoms with Gasteiger partial charge in [0.1, 0.15) is 12.4 Å². The molecule has 1 N–H and O–H groups in total. The van der Waals surface area contributed by atoms with Crippen molar-refractivity contribution in [3.05, 3.63) is 0 Å². The van der Waals surface area contributed by atoms with E-state index < -0.39 is 6.61 Å². The van der Waals surface area contributed by atoms with Crippen molar-refractivity contribution in [2.24, 2.45) is 11.8 Å². The maximum atomic E-state index is 11.7. The summed E-state index contributed by atoms with van der Waals surface area (Å²) in [6, 6.07) is 0. The molecular formula is C11H20O3. The highest BCUT2D eigenvalue weighted by Gasteiger charge is 2.22. The monoisotopic (exact) mass is 200 g/mol. The standard InChI is InChI=1S/C11H20O3/c1-4-5-9(6-10(13)7-12)11(14)8(2)3/h8-9,12H,4-7H2,1-3H3. The minimum absolute atomic E-state index is 0.0296. The highest BCUT2D eigenvalue weighted by molar-refractivity contribution is 5.89. The molecule has 0 aliphatic rings. The maximum Gasteiger partial charge on any atom is 0.158 e. The molecule has 0 saturated carbocycles. The number of carbonyl (C=O) groups is 2. The predicted molar refractivity (Wildman–Crippen MR) is 55.0 cm³/mol. The third-order valence-electron chi connectivity index (χ3n) is 2.26. The lowest BCUT2D eigenvalue weighted by Crippen LogP contribution is -2.23. The molecule has 82 valence electrons. The number of Topliss-reactive ketones (excluding diaryl/α,β-unsaturated/α-hetero) is 2. The number of carbonyl (C=O) groups excluding carboxylic acids is 2. The lowest BCUT2D eigenvalue weighted by molar-refractivity contribution is -0.131. The van der Waals surface area contributed by atoms with Crippen LogP contribution in [0.1, 0.15) is 40.0 Å². The number of aliphatic hydroxyl groups is 1. The molecule has 0 radical (unpaired) electrons. The van der Waals surface area contributed by atoms with Crippen molar-refractivity contribution in [3.63, 3.8) is 0 Å². The SMILES string of the molecule is CCCC(CC(=O)CO)C(=O)C(C)C. The van der Waals surface area contributed by atoms with Gasteiger partial charge in [-0.15, -0.1) is 0 Å². The fourth-order valence-electron chi connectivity index (χ4n) is 1.50. The van der Waals surface area contributed by atoms with Crippen LogP contribution in [0.25, 0.3) is 0 Å². The van der Waals surface area contributed by atoms with E-state index in [9.17, 15) is 9.59 Å². The zero-order valence-electron chi connectivity index (χ0n) is 9.25. The molecule has 0 saturated heterocycles. The average Bonchev–Trinajstić information content (AvgIpc) is 2.15. The average molecular weight is 200 g/mol. The second kappa shape index (κ2) is 6.71. The third kappa shape index (κ3) is 4.51. The number of hydrogen-bond donors (Lipinski definition) is 1. The lowest BCUT2D eigenvalue weighted by Gasteiger charge is -2.15. The summed E-state index contributed by atoms with van der Waals surface area (Å²) in [6.45, 7) is 5.22. The Labute approximate surface area is 85.5 Å². The number of rotatable bonds is 7. The van der Waals surface area contributed by atoms with Crippen LogP contribution in [-0.2, 0) is 9.59 Å². The summed E-state index contributed by atoms with van der Waals surface area (Å²) in [7, 11) is 0. The molecule has 14 heavy (non-hydrogen) atoms. The highest BCUT2D eigenvalue weighted by Crippen LogP contribution is 2.17. The Balaban J connectivity index is 4.28. The number of hydrogen-bond acceptors (Lipinski definition) is 3. The summed E-state index contributed by atoms with van der Waals surface area (Å²) in [5.74, 6) is -0.330. The largest absolute Gasteiger partial charge is 0.389 e. The molecule has 0 aromatic heterocycles. The molecule has 0 bridgehead atoms. The molecule has 0 aromatic rings. The van der Waals surface area contributed by atoms with Crippen molar-refractivity contribution < 1.29 is 14.7 Å². The van der Waals surface area contributed by atoms with E-state index in [1.54, 1.807) is 0 Å². The van der Waals surface area contributed by atoms with E-state index in [4.69, 9.17) is 5.11 Å². The van der Waals surface area contributed by atoms with Gasteiger partial charge in [0.2, 0.25) is 0 Å². The van der Waals surface area contributed by atoms with Gasteiger partial charge in [-0.2, -0.15) is 0 Å². The van der Waals surface area contributed by atoms with Crippen molar-refractivity contribution >= 4 is 11.6 Å². The van der Waals surface area contributed by atoms with Crippen molar-refractivity contribution in [3.8, 4) is 0 Å². The number of ketones is 2. The Morgan fingerprint density at radius 3 is 2.21 bits per heavy atom. The van der Waals surface area contributed by atoms with Crippen molar-refractivity contribution in [1.29, 1.82) is 0 Å². The van der Waals surface area contributed by atoms with Crippen LogP contribution in [0, 0.1) is 11.8 Å². The third-order valence-corrected chi connectivity index (χ3v) is 2.26. The normalized spacial score (nSPS) is 12.9. The van der Waals surface area contributed by atoms with E-state index in [2.05, 4.69) is 0 Å². The van der Waals surface area contributed by atoms with Gasteiger partial charge in [-0.3, -0.25) is 9.59 Å². The summed E-state index contributed by atoms with van der Waals surface area (Å²) in [5.41, 5.74) is 0. The second-order valence-corrected chi connectivity index (χ2v) is 3.94. The van der Waals surface area contributed by atoms with E-state index in [1.807, 2.05) is 20.8 Å². The first-order valence-electron chi connectivity index (χ1n) is 5.19. The van der Waals surface area contributed by atoms with Gasteiger partial charge in [0, 0.05) is 18.3 Å². The van der Waals surface area contributed by atoms with Gasteiger partial charge < -0.3 is 5.11 Å². The van der Waals surface area contributed by atoms with Crippen molar-refractivity contribution in [2.75, 3.05) is 6.61 Å². The van der Waals surface area contributed by atoms with Crippen LogP contribution in [0.4, 0.5) is 0 Å². The predicted octanol–water partition coefficient (Wildman–Crippen LogP) is 1.58. The van der Waals surface area contributed by atoms with Crippen LogP contribution in [0.15, 0.2) is 0 Å². The van der Waals surface area contributed by atoms with Gasteiger partial charge in [0.15, 0.2) is 5.78 Å². The van der Waals surface area contributed by atoms with Crippen LogP contribution < -0.4 is 0 Å². The van der Waals surface area contributed by atoms with E-state index in [0.717, 1.165) is 12.8 Å². The molecule has 1 atom stereocenters. The molecule has 0 rings (SSSR count). The molecule has 0 aromatic carbocycles. The molecule has 3 heteroatoms. The van der Waals surface area contributed by atoms with E-state index in [-0.39, 0.29) is 29.8 Å². The first kappa shape index (κ1) is 13.3. The smallest absolute Gasteiger partial charge is 0.158 e. The molecule has 3 nitrogen and oxygen atoms in total. The van der Waals surface area contributed by atoms with Crippen molar-refractivity contribution in [1.82, 2.24) is 0 Å². The Hall–Kier alpha value is -0.700. The minimum Gasteiger partial charge on any atom is -0.389 e. The highest BCUT2D eigenvalue weighted by atomic mass is 16.3. The van der Waals surface area contributed by atoms with Gasteiger partial charge in [0.25, 0.3) is 0 Å². The minimum atomic E-state index is -0.453. The maximum absolute atomic E-state index is 11.7. The molecule has 0 fully saturated rings. The van der Waals surface area contributed by atoms with Crippen LogP contribution in [0.2, 0.25) is 0 Å². The molecule has 0 amide bonds. The fourth-order valence-corrected chi connectivity index (χ4v) is 1.50. The van der Waals surface area contributed by atoms with Gasteiger partial charge in [-0.05, 0) is 6.42 Å². The topological polar surface area (TPSA) is 54.4 Å². The fraction of sp³-hybridized carbons (Fsp3) is 0.818. The summed E-state index contributed by atoms with van der Waals surface area (Å²) in [5, 5.41) is 8.61. The van der Waals surface area contributed by atoms with Crippen LogP contribution in [0.3, 0.4) is 0 Å². The molecule has 0 heterocycles. The van der Waals surface area contributed by atoms with Gasteiger partial charge >= 0.3 is 0 Å². The van der Waals surface area contributed by atoms with Crippen LogP contribution in [0.5, 0.6) is 0 Å². The lowest BCUT2D eigenvalue weighted by atomic mass is 9.87.